The molecule has 0 aromatic heterocycles. The highest BCUT2D eigenvalue weighted by Gasteiger charge is 2.18. The van der Waals surface area contributed by atoms with Crippen molar-refractivity contribution in [2.24, 2.45) is 11.7 Å². The summed E-state index contributed by atoms with van der Waals surface area (Å²) in [5.74, 6) is 0.191. The summed E-state index contributed by atoms with van der Waals surface area (Å²) < 4.78 is 0. The lowest BCUT2D eigenvalue weighted by Crippen LogP contribution is -2.38. The van der Waals surface area contributed by atoms with Gasteiger partial charge in [0, 0.05) is 13.0 Å². The van der Waals surface area contributed by atoms with Crippen LogP contribution in [0.15, 0.2) is 0 Å². The second-order valence-electron chi connectivity index (χ2n) is 4.63. The van der Waals surface area contributed by atoms with Gasteiger partial charge in [0.2, 0.25) is 11.8 Å². The Hall–Kier alpha value is -1.10. The summed E-state index contributed by atoms with van der Waals surface area (Å²) >= 11 is 0. The molecule has 0 radical (unpaired) electrons. The number of hydrogen-bond acceptors (Lipinski definition) is 3. The molecule has 5 heteroatoms. The number of carbonyl (C=O) groups excluding carboxylic acids is 2. The van der Waals surface area contributed by atoms with Gasteiger partial charge in [0.15, 0.2) is 0 Å². The fourth-order valence-corrected chi connectivity index (χ4v) is 2.22. The van der Waals surface area contributed by atoms with Crippen LogP contribution in [0.5, 0.6) is 0 Å². The van der Waals surface area contributed by atoms with Crippen LogP contribution in [0.1, 0.15) is 32.6 Å². The highest BCUT2D eigenvalue weighted by atomic mass is 16.2. The van der Waals surface area contributed by atoms with Gasteiger partial charge in [-0.05, 0) is 45.2 Å². The topological polar surface area (TPSA) is 75.4 Å². The predicted octanol–water partition coefficient (Wildman–Crippen LogP) is 0.100. The summed E-state index contributed by atoms with van der Waals surface area (Å²) in [6.45, 7) is 4.55. The van der Waals surface area contributed by atoms with Gasteiger partial charge in [-0.15, -0.1) is 0 Å². The third-order valence-corrected chi connectivity index (χ3v) is 3.25. The lowest BCUT2D eigenvalue weighted by molar-refractivity contribution is -0.135. The molecule has 17 heavy (non-hydrogen) atoms. The Kier molecular flexibility index (Phi) is 5.97. The van der Waals surface area contributed by atoms with Gasteiger partial charge in [0.1, 0.15) is 0 Å². The van der Waals surface area contributed by atoms with Crippen LogP contribution in [0.4, 0.5) is 0 Å². The van der Waals surface area contributed by atoms with E-state index in [0.29, 0.717) is 18.9 Å². The van der Waals surface area contributed by atoms with Gasteiger partial charge in [-0.25, -0.2) is 0 Å². The summed E-state index contributed by atoms with van der Waals surface area (Å²) in [7, 11) is 0. The third-order valence-electron chi connectivity index (χ3n) is 3.25. The first-order valence-corrected chi connectivity index (χ1v) is 6.40. The van der Waals surface area contributed by atoms with E-state index in [1.165, 1.54) is 17.7 Å². The van der Waals surface area contributed by atoms with Crippen molar-refractivity contribution >= 4 is 11.8 Å². The Labute approximate surface area is 103 Å². The first-order chi connectivity index (χ1) is 8.13. The van der Waals surface area contributed by atoms with Crippen molar-refractivity contribution in [1.29, 1.82) is 0 Å². The smallest absolute Gasteiger partial charge is 0.237 e. The number of hydrogen-bond donors (Lipinski definition) is 2. The number of amides is 2. The van der Waals surface area contributed by atoms with E-state index in [9.17, 15) is 9.59 Å². The molecular weight excluding hydrogens is 218 g/mol. The predicted molar refractivity (Wildman–Crippen MR) is 66.3 cm³/mol. The molecule has 1 aliphatic heterocycles. The first kappa shape index (κ1) is 14.0. The fraction of sp³-hybridized carbons (Fsp3) is 0.833. The third kappa shape index (κ3) is 5.17. The summed E-state index contributed by atoms with van der Waals surface area (Å²) in [5.41, 5.74) is 5.10. The maximum absolute atomic E-state index is 11.9. The van der Waals surface area contributed by atoms with E-state index in [2.05, 4.69) is 5.32 Å². The molecule has 0 aromatic rings. The standard InChI is InChI=1S/C12H23N3O2/c1-2-15(9-11(13)16)12(17)6-5-10-4-3-7-14-8-10/h10,14H,2-9H2,1H3,(H2,13,16). The van der Waals surface area contributed by atoms with E-state index in [1.54, 1.807) is 0 Å². The molecule has 3 N–H and O–H groups in total. The SMILES string of the molecule is CCN(CC(N)=O)C(=O)CCC1CCCNC1. The van der Waals surface area contributed by atoms with Gasteiger partial charge < -0.3 is 16.0 Å². The van der Waals surface area contributed by atoms with Crippen molar-refractivity contribution in [1.82, 2.24) is 10.2 Å². The highest BCUT2D eigenvalue weighted by Crippen LogP contribution is 2.16. The zero-order valence-corrected chi connectivity index (χ0v) is 10.6. The van der Waals surface area contributed by atoms with Crippen LogP contribution in [0.3, 0.4) is 0 Å². The van der Waals surface area contributed by atoms with Gasteiger partial charge in [-0.2, -0.15) is 0 Å². The number of rotatable bonds is 6. The molecule has 98 valence electrons. The number of nitrogens with two attached hydrogens (primary N) is 1. The Morgan fingerprint density at radius 3 is 2.76 bits per heavy atom. The van der Waals surface area contributed by atoms with Gasteiger partial charge >= 0.3 is 0 Å². The molecule has 0 aromatic carbocycles. The van der Waals surface area contributed by atoms with Crippen molar-refractivity contribution in [2.45, 2.75) is 32.6 Å². The zero-order chi connectivity index (χ0) is 12.7. The molecule has 0 aliphatic carbocycles. The van der Waals surface area contributed by atoms with Crippen molar-refractivity contribution in [3.63, 3.8) is 0 Å². The normalized spacial score (nSPS) is 19.9. The number of nitrogens with one attached hydrogen (secondary N) is 1. The van der Waals surface area contributed by atoms with Gasteiger partial charge in [-0.3, -0.25) is 9.59 Å². The van der Waals surface area contributed by atoms with Gasteiger partial charge in [0.25, 0.3) is 0 Å². The minimum absolute atomic E-state index is 0.0388. The fourth-order valence-electron chi connectivity index (χ4n) is 2.22. The van der Waals surface area contributed by atoms with E-state index in [-0.39, 0.29) is 12.5 Å². The number of likely N-dealkylation sites (N-methyl/N-ethyl adjacent to an activating group) is 1. The van der Waals surface area contributed by atoms with E-state index in [0.717, 1.165) is 19.5 Å². The number of primary amides is 1. The molecule has 1 heterocycles. The summed E-state index contributed by atoms with van der Waals surface area (Å²) in [4.78, 5) is 24.2. The van der Waals surface area contributed by atoms with Gasteiger partial charge in [-0.1, -0.05) is 0 Å². The Morgan fingerprint density at radius 1 is 1.47 bits per heavy atom. The summed E-state index contributed by atoms with van der Waals surface area (Å²) in [6.07, 6.45) is 3.81. The molecule has 1 atom stereocenters. The molecule has 2 amide bonds. The van der Waals surface area contributed by atoms with Crippen LogP contribution in [-0.2, 0) is 9.59 Å². The van der Waals surface area contributed by atoms with E-state index in [1.807, 2.05) is 6.92 Å². The van der Waals surface area contributed by atoms with Crippen molar-refractivity contribution in [3.05, 3.63) is 0 Å². The quantitative estimate of drug-likeness (QED) is 0.692. The molecule has 1 fully saturated rings. The highest BCUT2D eigenvalue weighted by molar-refractivity contribution is 5.83. The minimum Gasteiger partial charge on any atom is -0.368 e. The molecule has 1 aliphatic rings. The number of piperidine rings is 1. The van der Waals surface area contributed by atoms with Crippen LogP contribution in [0, 0.1) is 5.92 Å². The maximum atomic E-state index is 11.9. The van der Waals surface area contributed by atoms with Crippen molar-refractivity contribution in [3.8, 4) is 0 Å². The Bertz CT molecular complexity index is 262. The maximum Gasteiger partial charge on any atom is 0.237 e. The lowest BCUT2D eigenvalue weighted by atomic mass is 9.94. The summed E-state index contributed by atoms with van der Waals surface area (Å²) in [6, 6.07) is 0. The van der Waals surface area contributed by atoms with E-state index in [4.69, 9.17) is 5.73 Å². The molecule has 5 nitrogen and oxygen atoms in total. The average molecular weight is 241 g/mol. The zero-order valence-electron chi connectivity index (χ0n) is 10.6. The lowest BCUT2D eigenvalue weighted by Gasteiger charge is -2.24. The van der Waals surface area contributed by atoms with Crippen LogP contribution in [-0.4, -0.2) is 42.9 Å². The average Bonchev–Trinajstić information content (AvgIpc) is 2.34. The number of nitrogens with zero attached hydrogens (tertiary/aromatic N) is 1. The second-order valence-corrected chi connectivity index (χ2v) is 4.63. The molecular formula is C12H23N3O2. The first-order valence-electron chi connectivity index (χ1n) is 6.40. The van der Waals surface area contributed by atoms with Gasteiger partial charge in [0.05, 0.1) is 6.54 Å². The molecule has 0 bridgehead atoms. The minimum atomic E-state index is -0.445. The molecule has 1 saturated heterocycles. The summed E-state index contributed by atoms with van der Waals surface area (Å²) in [5, 5.41) is 3.33. The second kappa shape index (κ2) is 7.27. The number of carbonyl (C=O) groups is 2. The van der Waals surface area contributed by atoms with Crippen LogP contribution in [0.25, 0.3) is 0 Å². The largest absolute Gasteiger partial charge is 0.368 e. The van der Waals surface area contributed by atoms with Crippen molar-refractivity contribution in [2.75, 3.05) is 26.2 Å². The molecule has 0 spiro atoms. The van der Waals surface area contributed by atoms with Crippen LogP contribution >= 0.6 is 0 Å². The van der Waals surface area contributed by atoms with E-state index < -0.39 is 5.91 Å². The molecule has 0 saturated carbocycles. The molecule has 1 rings (SSSR count). The Morgan fingerprint density at radius 2 is 2.24 bits per heavy atom. The van der Waals surface area contributed by atoms with E-state index >= 15 is 0 Å². The van der Waals surface area contributed by atoms with Crippen LogP contribution in [0.2, 0.25) is 0 Å². The molecule has 1 unspecified atom stereocenters. The monoisotopic (exact) mass is 241 g/mol. The van der Waals surface area contributed by atoms with Crippen molar-refractivity contribution < 1.29 is 9.59 Å². The van der Waals surface area contributed by atoms with Crippen LogP contribution < -0.4 is 11.1 Å². The Balaban J connectivity index is 2.28.